The van der Waals surface area contributed by atoms with Crippen molar-refractivity contribution in [3.63, 3.8) is 0 Å². The molecule has 7 nitrogen and oxygen atoms in total. The van der Waals surface area contributed by atoms with Crippen molar-refractivity contribution in [3.05, 3.63) is 76.4 Å². The molecule has 0 fully saturated rings. The first-order valence-electron chi connectivity index (χ1n) is 9.33. The van der Waals surface area contributed by atoms with Gasteiger partial charge in [-0.05, 0) is 18.2 Å². The number of carbonyl (C=O) groups excluding carboxylic acids is 1. The van der Waals surface area contributed by atoms with Crippen LogP contribution in [0.25, 0.3) is 10.6 Å². The van der Waals surface area contributed by atoms with Crippen LogP contribution in [-0.4, -0.2) is 34.9 Å². The minimum absolute atomic E-state index is 0.309. The summed E-state index contributed by atoms with van der Waals surface area (Å²) in [5, 5.41) is 10.3. The van der Waals surface area contributed by atoms with Crippen LogP contribution in [0.5, 0.6) is 11.5 Å². The van der Waals surface area contributed by atoms with Gasteiger partial charge in [-0.25, -0.2) is 9.67 Å². The molecule has 2 aromatic carbocycles. The van der Waals surface area contributed by atoms with E-state index < -0.39 is 0 Å². The first kappa shape index (κ1) is 20.9. The molecule has 0 saturated carbocycles. The number of methoxy groups -OCH3 is 2. The Morgan fingerprint density at radius 1 is 1.13 bits per heavy atom. The second-order valence-corrected chi connectivity index (χ2v) is 7.82. The predicted octanol–water partition coefficient (Wildman–Crippen LogP) is 4.98. The largest absolute Gasteiger partial charge is 0.493 e. The van der Waals surface area contributed by atoms with E-state index in [1.165, 1.54) is 11.3 Å². The molecule has 9 heteroatoms. The summed E-state index contributed by atoms with van der Waals surface area (Å²) < 4.78 is 12.5. The molecule has 2 heterocycles. The summed E-state index contributed by atoms with van der Waals surface area (Å²) in [6.45, 7) is 0.399. The molecule has 1 N–H and O–H groups in total. The lowest BCUT2D eigenvalue weighted by Crippen LogP contribution is -2.16. The fourth-order valence-corrected chi connectivity index (χ4v) is 4.02. The van der Waals surface area contributed by atoms with Gasteiger partial charge < -0.3 is 14.8 Å². The van der Waals surface area contributed by atoms with E-state index in [2.05, 4.69) is 15.4 Å². The number of amides is 1. The first-order chi connectivity index (χ1) is 15.1. The highest BCUT2D eigenvalue weighted by Gasteiger charge is 2.16. The zero-order valence-electron chi connectivity index (χ0n) is 16.8. The van der Waals surface area contributed by atoms with Crippen LogP contribution in [0, 0.1) is 0 Å². The maximum Gasteiger partial charge on any atom is 0.276 e. The lowest BCUT2D eigenvalue weighted by atomic mass is 10.2. The number of nitrogens with zero attached hydrogens (tertiary/aromatic N) is 3. The summed E-state index contributed by atoms with van der Waals surface area (Å²) in [7, 11) is 3.18. The number of para-hydroxylation sites is 1. The molecule has 0 aliphatic rings. The average molecular weight is 455 g/mol. The number of hydrogen-bond acceptors (Lipinski definition) is 6. The summed E-state index contributed by atoms with van der Waals surface area (Å²) in [5.41, 5.74) is 2.12. The Kier molecular flexibility index (Phi) is 6.20. The number of aromatic nitrogens is 3. The second kappa shape index (κ2) is 9.20. The van der Waals surface area contributed by atoms with Crippen LogP contribution in [0.2, 0.25) is 5.02 Å². The van der Waals surface area contributed by atoms with Gasteiger partial charge in [-0.15, -0.1) is 11.3 Å². The van der Waals surface area contributed by atoms with Crippen LogP contribution >= 0.6 is 22.9 Å². The molecule has 0 aliphatic heterocycles. The van der Waals surface area contributed by atoms with Crippen molar-refractivity contribution >= 4 is 34.7 Å². The normalized spacial score (nSPS) is 10.7. The molecule has 0 radical (unpaired) electrons. The maximum atomic E-state index is 12.8. The van der Waals surface area contributed by atoms with E-state index in [9.17, 15) is 4.79 Å². The molecule has 0 atom stereocenters. The summed E-state index contributed by atoms with van der Waals surface area (Å²) in [4.78, 5) is 17.2. The van der Waals surface area contributed by atoms with Gasteiger partial charge >= 0.3 is 0 Å². The standard InChI is InChI=1S/C22H19ClN4O3S/c1-29-18-5-3-4-15(20(18)30-2)12-27-19(10-11-24-27)26-21(28)17-13-31-22(25-17)14-6-8-16(23)9-7-14/h3-11,13H,12H2,1-2H3,(H,26,28). The highest BCUT2D eigenvalue weighted by molar-refractivity contribution is 7.13. The Hall–Kier alpha value is -3.36. The van der Waals surface area contributed by atoms with Crippen molar-refractivity contribution in [2.45, 2.75) is 6.54 Å². The number of ether oxygens (including phenoxy) is 2. The summed E-state index contributed by atoms with van der Waals surface area (Å²) in [5.74, 6) is 1.51. The third kappa shape index (κ3) is 4.55. The van der Waals surface area contributed by atoms with E-state index in [0.717, 1.165) is 16.1 Å². The lowest BCUT2D eigenvalue weighted by molar-refractivity contribution is 0.102. The molecule has 1 amide bonds. The Morgan fingerprint density at radius 3 is 2.68 bits per heavy atom. The molecule has 0 aliphatic carbocycles. The van der Waals surface area contributed by atoms with Crippen molar-refractivity contribution in [3.8, 4) is 22.1 Å². The van der Waals surface area contributed by atoms with Gasteiger partial charge in [0.1, 0.15) is 16.5 Å². The Balaban J connectivity index is 1.51. The number of thiazole rings is 1. The van der Waals surface area contributed by atoms with Crippen LogP contribution in [0.15, 0.2) is 60.1 Å². The number of benzene rings is 2. The van der Waals surface area contributed by atoms with Crippen molar-refractivity contribution in [1.82, 2.24) is 14.8 Å². The van der Waals surface area contributed by atoms with Crippen LogP contribution in [0.3, 0.4) is 0 Å². The van der Waals surface area contributed by atoms with Crippen molar-refractivity contribution in [2.24, 2.45) is 0 Å². The number of carbonyl (C=O) groups is 1. The summed E-state index contributed by atoms with van der Waals surface area (Å²) in [6.07, 6.45) is 1.63. The molecule has 2 aromatic heterocycles. The maximum absolute atomic E-state index is 12.8. The highest BCUT2D eigenvalue weighted by Crippen LogP contribution is 2.31. The van der Waals surface area contributed by atoms with Gasteiger partial charge in [-0.3, -0.25) is 4.79 Å². The van der Waals surface area contributed by atoms with Crippen LogP contribution in [0.1, 0.15) is 16.1 Å². The Labute approximate surface area is 188 Å². The highest BCUT2D eigenvalue weighted by atomic mass is 35.5. The van der Waals surface area contributed by atoms with Gasteiger partial charge in [-0.2, -0.15) is 5.10 Å². The van der Waals surface area contributed by atoms with Gasteiger partial charge in [0.25, 0.3) is 5.91 Å². The van der Waals surface area contributed by atoms with E-state index in [1.54, 1.807) is 48.7 Å². The summed E-state index contributed by atoms with van der Waals surface area (Å²) in [6, 6.07) is 14.7. The topological polar surface area (TPSA) is 78.3 Å². The van der Waals surface area contributed by atoms with Crippen LogP contribution in [-0.2, 0) is 6.54 Å². The molecule has 31 heavy (non-hydrogen) atoms. The fraction of sp³-hybridized carbons (Fsp3) is 0.136. The molecular formula is C22H19ClN4O3S. The van der Waals surface area contributed by atoms with Crippen molar-refractivity contribution in [2.75, 3.05) is 19.5 Å². The molecule has 0 saturated heterocycles. The number of anilines is 1. The van der Waals surface area contributed by atoms with Crippen molar-refractivity contribution < 1.29 is 14.3 Å². The van der Waals surface area contributed by atoms with E-state index in [1.807, 2.05) is 30.3 Å². The van der Waals surface area contributed by atoms with Gasteiger partial charge in [0.05, 0.1) is 27.0 Å². The van der Waals surface area contributed by atoms with Gasteiger partial charge in [0.2, 0.25) is 0 Å². The first-order valence-corrected chi connectivity index (χ1v) is 10.6. The minimum Gasteiger partial charge on any atom is -0.493 e. The molecule has 4 rings (SSSR count). The zero-order chi connectivity index (χ0) is 21.8. The van der Waals surface area contributed by atoms with E-state index in [4.69, 9.17) is 21.1 Å². The third-order valence-electron chi connectivity index (χ3n) is 4.59. The number of hydrogen-bond donors (Lipinski definition) is 1. The monoisotopic (exact) mass is 454 g/mol. The number of nitrogens with one attached hydrogen (secondary N) is 1. The van der Waals surface area contributed by atoms with Gasteiger partial charge in [-0.1, -0.05) is 35.9 Å². The zero-order valence-corrected chi connectivity index (χ0v) is 18.4. The third-order valence-corrected chi connectivity index (χ3v) is 5.73. The Bertz CT molecular complexity index is 1200. The van der Waals surface area contributed by atoms with Crippen LogP contribution in [0.4, 0.5) is 5.82 Å². The van der Waals surface area contributed by atoms with E-state index in [-0.39, 0.29) is 5.91 Å². The molecular weight excluding hydrogens is 436 g/mol. The van der Waals surface area contributed by atoms with Crippen molar-refractivity contribution in [1.29, 1.82) is 0 Å². The van der Waals surface area contributed by atoms with Gasteiger partial charge in [0.15, 0.2) is 11.5 Å². The number of rotatable bonds is 7. The molecule has 158 valence electrons. The average Bonchev–Trinajstić information content (AvgIpc) is 3.44. The quantitative estimate of drug-likeness (QED) is 0.426. The van der Waals surface area contributed by atoms with Crippen LogP contribution < -0.4 is 14.8 Å². The minimum atomic E-state index is -0.309. The fourth-order valence-electron chi connectivity index (χ4n) is 3.09. The molecule has 0 unspecified atom stereocenters. The smallest absolute Gasteiger partial charge is 0.276 e. The SMILES string of the molecule is COc1cccc(Cn2nccc2NC(=O)c2csc(-c3ccc(Cl)cc3)n2)c1OC. The molecule has 4 aromatic rings. The number of halogens is 1. The second-order valence-electron chi connectivity index (χ2n) is 6.53. The lowest BCUT2D eigenvalue weighted by Gasteiger charge is -2.14. The Morgan fingerprint density at radius 2 is 1.94 bits per heavy atom. The van der Waals surface area contributed by atoms with E-state index >= 15 is 0 Å². The predicted molar refractivity (Wildman–Crippen MR) is 121 cm³/mol. The van der Waals surface area contributed by atoms with E-state index in [0.29, 0.717) is 34.6 Å². The summed E-state index contributed by atoms with van der Waals surface area (Å²) >= 11 is 7.34. The van der Waals surface area contributed by atoms with Gasteiger partial charge in [0, 0.05) is 27.6 Å². The molecule has 0 bridgehead atoms. The molecule has 0 spiro atoms.